The van der Waals surface area contributed by atoms with Crippen LogP contribution in [0.5, 0.6) is 0 Å². The summed E-state index contributed by atoms with van der Waals surface area (Å²) in [6.07, 6.45) is 3.76. The van der Waals surface area contributed by atoms with E-state index in [1.807, 2.05) is 18.4 Å². The van der Waals surface area contributed by atoms with E-state index in [2.05, 4.69) is 4.99 Å². The van der Waals surface area contributed by atoms with Crippen LogP contribution in [-0.4, -0.2) is 6.34 Å². The number of aliphatic imine (C=N–C) groups is 1. The lowest BCUT2D eigenvalue weighted by molar-refractivity contribution is -0.447. The molecular weight excluding hydrogens is 76.1 g/mol. The third-order valence-electron chi connectivity index (χ3n) is 0.702. The smallest absolute Gasteiger partial charge is 0.191 e. The number of rotatable bonds is 0. The molecule has 0 aromatic heterocycles. The molecule has 0 aromatic rings. The minimum atomic E-state index is 1.09. The highest BCUT2D eigenvalue weighted by atomic mass is 15.0. The van der Waals surface area contributed by atoms with Crippen molar-refractivity contribution < 1.29 is 5.32 Å². The van der Waals surface area contributed by atoms with Crippen LogP contribution in [0.1, 0.15) is 6.92 Å². The molecule has 2 heteroatoms. The van der Waals surface area contributed by atoms with Gasteiger partial charge < -0.3 is 0 Å². The Morgan fingerprint density at radius 2 is 2.67 bits per heavy atom. The Morgan fingerprint density at radius 1 is 1.83 bits per heavy atom. The van der Waals surface area contributed by atoms with Crippen LogP contribution in [0.2, 0.25) is 0 Å². The monoisotopic (exact) mass is 83.1 g/mol. The number of nitrogens with two attached hydrogens (primary N) is 1. The minimum Gasteiger partial charge on any atom is -0.276 e. The maximum atomic E-state index is 3.92. The molecule has 32 valence electrons. The predicted octanol–water partition coefficient (Wildman–Crippen LogP) is -0.547. The highest BCUT2D eigenvalue weighted by Crippen LogP contribution is 1.87. The van der Waals surface area contributed by atoms with E-state index < -0.39 is 0 Å². The third kappa shape index (κ3) is 0.466. The van der Waals surface area contributed by atoms with E-state index in [4.69, 9.17) is 0 Å². The predicted molar refractivity (Wildman–Crippen MR) is 24.2 cm³/mol. The first-order chi connectivity index (χ1) is 2.89. The highest BCUT2D eigenvalue weighted by molar-refractivity contribution is 5.47. The van der Waals surface area contributed by atoms with E-state index in [1.54, 1.807) is 6.34 Å². The van der Waals surface area contributed by atoms with Crippen molar-refractivity contribution >= 4 is 6.34 Å². The van der Waals surface area contributed by atoms with Crippen molar-refractivity contribution in [3.05, 3.63) is 11.9 Å². The van der Waals surface area contributed by atoms with Crippen LogP contribution in [0.25, 0.3) is 0 Å². The van der Waals surface area contributed by atoms with Crippen molar-refractivity contribution in [2.75, 3.05) is 0 Å². The SMILES string of the molecule is CC1=C[NH2+]C=N1. The number of quaternary nitrogens is 1. The molecular formula is C4H7N2+. The molecule has 2 N–H and O–H groups in total. The standard InChI is InChI=1S/C4H6N2/c1-4-2-5-3-6-4/h2-3H,1H3,(H,5,6)/p+1. The van der Waals surface area contributed by atoms with Gasteiger partial charge in [-0.15, -0.1) is 0 Å². The second-order valence-electron chi connectivity index (χ2n) is 1.28. The van der Waals surface area contributed by atoms with E-state index in [9.17, 15) is 0 Å². The summed E-state index contributed by atoms with van der Waals surface area (Å²) >= 11 is 0. The number of allylic oxidation sites excluding steroid dienone is 1. The third-order valence-corrected chi connectivity index (χ3v) is 0.702. The van der Waals surface area contributed by atoms with Crippen LogP contribution in [0.4, 0.5) is 0 Å². The molecule has 1 aliphatic heterocycles. The average molecular weight is 83.1 g/mol. The Hall–Kier alpha value is -0.630. The first-order valence-corrected chi connectivity index (χ1v) is 1.94. The molecule has 0 fully saturated rings. The van der Waals surface area contributed by atoms with Crippen molar-refractivity contribution in [2.24, 2.45) is 4.99 Å². The average Bonchev–Trinajstić information content (AvgIpc) is 1.86. The maximum Gasteiger partial charge on any atom is 0.191 e. The van der Waals surface area contributed by atoms with Crippen LogP contribution < -0.4 is 5.32 Å². The van der Waals surface area contributed by atoms with Gasteiger partial charge in [-0.3, -0.25) is 5.32 Å². The first kappa shape index (κ1) is 3.56. The molecule has 0 bridgehead atoms. The second kappa shape index (κ2) is 1.22. The Labute approximate surface area is 36.6 Å². The van der Waals surface area contributed by atoms with Crippen molar-refractivity contribution in [2.45, 2.75) is 6.92 Å². The Bertz CT molecular complexity index is 99.4. The maximum absolute atomic E-state index is 3.92. The molecule has 0 saturated carbocycles. The lowest BCUT2D eigenvalue weighted by Gasteiger charge is -1.66. The van der Waals surface area contributed by atoms with E-state index in [1.165, 1.54) is 0 Å². The van der Waals surface area contributed by atoms with Gasteiger partial charge in [0.1, 0.15) is 6.20 Å². The number of nitrogens with zero attached hydrogens (tertiary/aromatic N) is 1. The molecule has 0 atom stereocenters. The molecule has 0 aliphatic carbocycles. The summed E-state index contributed by atoms with van der Waals surface area (Å²) in [6.45, 7) is 1.97. The largest absolute Gasteiger partial charge is 0.276 e. The van der Waals surface area contributed by atoms with E-state index in [0.717, 1.165) is 5.70 Å². The van der Waals surface area contributed by atoms with Crippen LogP contribution in [-0.2, 0) is 0 Å². The van der Waals surface area contributed by atoms with Gasteiger partial charge in [-0.25, -0.2) is 4.99 Å². The molecule has 0 radical (unpaired) electrons. The quantitative estimate of drug-likeness (QED) is 0.407. The molecule has 0 amide bonds. The summed E-state index contributed by atoms with van der Waals surface area (Å²) in [6, 6.07) is 0. The van der Waals surface area contributed by atoms with Crippen LogP contribution >= 0.6 is 0 Å². The van der Waals surface area contributed by atoms with Crippen LogP contribution in [0.3, 0.4) is 0 Å². The fourth-order valence-corrected chi connectivity index (χ4v) is 0.386. The Kier molecular flexibility index (Phi) is 0.725. The summed E-state index contributed by atoms with van der Waals surface area (Å²) in [7, 11) is 0. The zero-order chi connectivity index (χ0) is 4.41. The van der Waals surface area contributed by atoms with Gasteiger partial charge in [0.15, 0.2) is 6.34 Å². The van der Waals surface area contributed by atoms with Gasteiger partial charge in [-0.1, -0.05) is 0 Å². The van der Waals surface area contributed by atoms with Gasteiger partial charge >= 0.3 is 0 Å². The molecule has 0 aromatic carbocycles. The van der Waals surface area contributed by atoms with Crippen molar-refractivity contribution in [3.63, 3.8) is 0 Å². The Morgan fingerprint density at radius 3 is 2.83 bits per heavy atom. The van der Waals surface area contributed by atoms with Gasteiger partial charge in [0, 0.05) is 0 Å². The van der Waals surface area contributed by atoms with Crippen molar-refractivity contribution in [3.8, 4) is 0 Å². The van der Waals surface area contributed by atoms with Crippen molar-refractivity contribution in [1.82, 2.24) is 0 Å². The molecule has 0 spiro atoms. The zero-order valence-corrected chi connectivity index (χ0v) is 3.68. The molecule has 1 rings (SSSR count). The molecule has 1 aliphatic rings. The van der Waals surface area contributed by atoms with Gasteiger partial charge in [-0.2, -0.15) is 0 Å². The number of hydrogen-bond donors (Lipinski definition) is 1. The normalized spacial score (nSPS) is 18.5. The van der Waals surface area contributed by atoms with Gasteiger partial charge in [0.05, 0.1) is 5.70 Å². The zero-order valence-electron chi connectivity index (χ0n) is 3.68. The van der Waals surface area contributed by atoms with Gasteiger partial charge in [0.25, 0.3) is 0 Å². The van der Waals surface area contributed by atoms with E-state index >= 15 is 0 Å². The summed E-state index contributed by atoms with van der Waals surface area (Å²) in [5.74, 6) is 0. The molecule has 6 heavy (non-hydrogen) atoms. The topological polar surface area (TPSA) is 29.0 Å². The Balaban J connectivity index is 2.68. The minimum absolute atomic E-state index is 1.09. The molecule has 1 heterocycles. The van der Waals surface area contributed by atoms with Gasteiger partial charge in [0.2, 0.25) is 0 Å². The summed E-state index contributed by atoms with van der Waals surface area (Å²) in [5, 5.41) is 1.93. The summed E-state index contributed by atoms with van der Waals surface area (Å²) in [5.41, 5.74) is 1.09. The molecule has 2 nitrogen and oxygen atoms in total. The van der Waals surface area contributed by atoms with E-state index in [0.29, 0.717) is 0 Å². The van der Waals surface area contributed by atoms with Crippen LogP contribution in [0.15, 0.2) is 16.9 Å². The summed E-state index contributed by atoms with van der Waals surface area (Å²) in [4.78, 5) is 3.92. The fraction of sp³-hybridized carbons (Fsp3) is 0.250. The van der Waals surface area contributed by atoms with E-state index in [-0.39, 0.29) is 0 Å². The fourth-order valence-electron chi connectivity index (χ4n) is 0.386. The lowest BCUT2D eigenvalue weighted by Crippen LogP contribution is -2.74. The molecule has 0 saturated heterocycles. The lowest BCUT2D eigenvalue weighted by atomic mass is 10.6. The van der Waals surface area contributed by atoms with Gasteiger partial charge in [-0.05, 0) is 6.92 Å². The highest BCUT2D eigenvalue weighted by Gasteiger charge is 1.89. The van der Waals surface area contributed by atoms with Crippen molar-refractivity contribution in [1.29, 1.82) is 0 Å². The number of hydrogen-bond acceptors (Lipinski definition) is 1. The second-order valence-corrected chi connectivity index (χ2v) is 1.28. The molecule has 0 unspecified atom stereocenters. The van der Waals surface area contributed by atoms with Crippen LogP contribution in [0, 0.1) is 0 Å². The first-order valence-electron chi connectivity index (χ1n) is 1.94. The summed E-state index contributed by atoms with van der Waals surface area (Å²) < 4.78 is 0.